The lowest BCUT2D eigenvalue weighted by atomic mass is 9.79. The van der Waals surface area contributed by atoms with Crippen LogP contribution in [0.4, 0.5) is 5.69 Å². The van der Waals surface area contributed by atoms with Crippen molar-refractivity contribution in [3.63, 3.8) is 0 Å². The molecule has 1 aromatic carbocycles. The summed E-state index contributed by atoms with van der Waals surface area (Å²) < 4.78 is 0. The third kappa shape index (κ3) is 6.91. The summed E-state index contributed by atoms with van der Waals surface area (Å²) in [6.07, 6.45) is 9.20. The van der Waals surface area contributed by atoms with E-state index in [9.17, 15) is 0 Å². The number of hydrogen-bond donors (Lipinski definition) is 3. The van der Waals surface area contributed by atoms with E-state index in [-0.39, 0.29) is 0 Å². The number of amidine groups is 1. The molecule has 0 saturated heterocycles. The SMILES string of the molecule is C=N/C(C)=C\C(=NC)NCN(CCC)C(=C)c1cc(C2CCC2)ccc1N/N=C\C=N. The van der Waals surface area contributed by atoms with E-state index in [0.717, 1.165) is 47.7 Å². The van der Waals surface area contributed by atoms with E-state index in [0.29, 0.717) is 12.6 Å². The van der Waals surface area contributed by atoms with E-state index in [1.165, 1.54) is 31.0 Å². The molecule has 0 spiro atoms. The van der Waals surface area contributed by atoms with Crippen molar-refractivity contribution in [1.82, 2.24) is 10.2 Å². The van der Waals surface area contributed by atoms with Gasteiger partial charge in [-0.2, -0.15) is 5.10 Å². The van der Waals surface area contributed by atoms with Gasteiger partial charge in [-0.25, -0.2) is 0 Å². The van der Waals surface area contributed by atoms with Crippen LogP contribution >= 0.6 is 0 Å². The molecule has 0 heterocycles. The number of benzene rings is 1. The molecule has 3 N–H and O–H groups in total. The third-order valence-corrected chi connectivity index (χ3v) is 5.43. The smallest absolute Gasteiger partial charge is 0.123 e. The Balaban J connectivity index is 2.28. The van der Waals surface area contributed by atoms with Crippen molar-refractivity contribution in [1.29, 1.82) is 5.41 Å². The maximum atomic E-state index is 7.15. The van der Waals surface area contributed by atoms with Crippen LogP contribution < -0.4 is 10.7 Å². The Hall–Kier alpha value is -3.22. The molecule has 0 atom stereocenters. The van der Waals surface area contributed by atoms with Gasteiger partial charge in [-0.1, -0.05) is 26.0 Å². The highest BCUT2D eigenvalue weighted by Gasteiger charge is 2.22. The van der Waals surface area contributed by atoms with Gasteiger partial charge in [0, 0.05) is 42.8 Å². The molecule has 0 aromatic heterocycles. The van der Waals surface area contributed by atoms with Crippen LogP contribution in [0.5, 0.6) is 0 Å². The molecule has 0 unspecified atom stereocenters. The van der Waals surface area contributed by atoms with Crippen molar-refractivity contribution in [2.75, 3.05) is 25.7 Å². The Kier molecular flexibility index (Phi) is 9.68. The van der Waals surface area contributed by atoms with Crippen LogP contribution in [0.15, 0.2) is 51.6 Å². The number of nitrogens with zero attached hydrogens (tertiary/aromatic N) is 4. The summed E-state index contributed by atoms with van der Waals surface area (Å²) in [5, 5.41) is 14.6. The molecule has 1 aromatic rings. The standard InChI is InChI=1S/C24H35N7/c1-6-14-31(17-28-24(27-5)15-18(2)26-4)19(3)22-16-21(20-8-7-9-20)10-11-23(22)30-29-13-12-25/h10-13,15-16,20,25,30H,3-4,6-9,14,17H2,1-2,5H3,(H,27,28)/b18-15-,25-12?,29-13-. The third-order valence-electron chi connectivity index (χ3n) is 5.43. The van der Waals surface area contributed by atoms with Crippen molar-refractivity contribution in [2.45, 2.75) is 45.4 Å². The highest BCUT2D eigenvalue weighted by atomic mass is 15.3. The van der Waals surface area contributed by atoms with Gasteiger partial charge in [0.25, 0.3) is 0 Å². The molecule has 0 aliphatic heterocycles. The van der Waals surface area contributed by atoms with Gasteiger partial charge in [0.1, 0.15) is 5.84 Å². The molecule has 7 heteroatoms. The van der Waals surface area contributed by atoms with Crippen molar-refractivity contribution < 1.29 is 0 Å². The fraction of sp³-hybridized carbons (Fsp3) is 0.417. The highest BCUT2D eigenvalue weighted by Crippen LogP contribution is 2.39. The Bertz CT molecular complexity index is 863. The van der Waals surface area contributed by atoms with Crippen LogP contribution in [0.25, 0.3) is 5.70 Å². The van der Waals surface area contributed by atoms with Gasteiger partial charge >= 0.3 is 0 Å². The first kappa shape index (κ1) is 24.1. The fourth-order valence-corrected chi connectivity index (χ4v) is 3.40. The Morgan fingerprint density at radius 1 is 1.35 bits per heavy atom. The summed E-state index contributed by atoms with van der Waals surface area (Å²) in [4.78, 5) is 10.4. The van der Waals surface area contributed by atoms with Gasteiger partial charge in [-0.3, -0.25) is 15.4 Å². The molecule has 166 valence electrons. The molecule has 0 radical (unpaired) electrons. The van der Waals surface area contributed by atoms with Crippen molar-refractivity contribution in [3.8, 4) is 0 Å². The molecule has 1 aliphatic carbocycles. The number of nitrogens with one attached hydrogen (secondary N) is 3. The average Bonchev–Trinajstić information content (AvgIpc) is 2.74. The summed E-state index contributed by atoms with van der Waals surface area (Å²) in [5.74, 6) is 1.37. The van der Waals surface area contributed by atoms with Crippen molar-refractivity contribution in [3.05, 3.63) is 47.7 Å². The van der Waals surface area contributed by atoms with Gasteiger partial charge in [-0.05, 0) is 56.5 Å². The van der Waals surface area contributed by atoms with E-state index in [4.69, 9.17) is 5.41 Å². The lowest BCUT2D eigenvalue weighted by Gasteiger charge is -2.30. The van der Waals surface area contributed by atoms with E-state index < -0.39 is 0 Å². The summed E-state index contributed by atoms with van der Waals surface area (Å²) in [7, 11) is 1.75. The summed E-state index contributed by atoms with van der Waals surface area (Å²) in [6, 6.07) is 6.47. The monoisotopic (exact) mass is 421 g/mol. The molecule has 7 nitrogen and oxygen atoms in total. The van der Waals surface area contributed by atoms with Crippen LogP contribution in [-0.4, -0.2) is 50.1 Å². The van der Waals surface area contributed by atoms with Crippen molar-refractivity contribution >= 4 is 36.4 Å². The zero-order valence-corrected chi connectivity index (χ0v) is 19.0. The fourth-order valence-electron chi connectivity index (χ4n) is 3.40. The van der Waals surface area contributed by atoms with E-state index in [2.05, 4.69) is 69.1 Å². The summed E-state index contributed by atoms with van der Waals surface area (Å²) in [6.45, 7) is 13.4. The largest absolute Gasteiger partial charge is 0.354 e. The topological polar surface area (TPSA) is 88.2 Å². The van der Waals surface area contributed by atoms with Gasteiger partial charge in [0.05, 0.1) is 18.6 Å². The number of aliphatic imine (C=N–C) groups is 2. The molecule has 0 amide bonds. The minimum Gasteiger partial charge on any atom is -0.354 e. The van der Waals surface area contributed by atoms with E-state index >= 15 is 0 Å². The Labute approximate surface area is 186 Å². The summed E-state index contributed by atoms with van der Waals surface area (Å²) in [5.41, 5.74) is 8.03. The average molecular weight is 422 g/mol. The van der Waals surface area contributed by atoms with Crippen LogP contribution in [0, 0.1) is 5.41 Å². The molecule has 1 fully saturated rings. The first-order valence-electron chi connectivity index (χ1n) is 10.8. The maximum absolute atomic E-state index is 7.15. The minimum absolute atomic E-state index is 0.567. The number of anilines is 1. The number of rotatable bonds is 12. The van der Waals surface area contributed by atoms with Crippen LogP contribution in [0.1, 0.15) is 56.6 Å². The molecule has 0 bridgehead atoms. The lowest BCUT2D eigenvalue weighted by molar-refractivity contribution is 0.389. The van der Waals surface area contributed by atoms with Gasteiger partial charge in [0.15, 0.2) is 0 Å². The lowest BCUT2D eigenvalue weighted by Crippen LogP contribution is -2.36. The molecule has 1 saturated carbocycles. The zero-order valence-electron chi connectivity index (χ0n) is 19.0. The Morgan fingerprint density at radius 3 is 2.71 bits per heavy atom. The molecular weight excluding hydrogens is 386 g/mol. The first-order chi connectivity index (χ1) is 15.0. The van der Waals surface area contributed by atoms with Crippen molar-refractivity contribution in [2.24, 2.45) is 15.1 Å². The second-order valence-corrected chi connectivity index (χ2v) is 7.59. The number of hydrogen-bond acceptors (Lipinski definition) is 6. The summed E-state index contributed by atoms with van der Waals surface area (Å²) >= 11 is 0. The first-order valence-corrected chi connectivity index (χ1v) is 10.8. The van der Waals surface area contributed by atoms with E-state index in [1.807, 2.05) is 13.0 Å². The molecule has 2 rings (SSSR count). The number of hydrazone groups is 1. The maximum Gasteiger partial charge on any atom is 0.123 e. The molecule has 31 heavy (non-hydrogen) atoms. The molecule has 1 aliphatic rings. The predicted molar refractivity (Wildman–Crippen MR) is 135 cm³/mol. The second-order valence-electron chi connectivity index (χ2n) is 7.59. The number of allylic oxidation sites excluding steroid dienone is 1. The van der Waals surface area contributed by atoms with Crippen LogP contribution in [-0.2, 0) is 0 Å². The minimum atomic E-state index is 0.567. The Morgan fingerprint density at radius 2 is 2.13 bits per heavy atom. The normalized spacial score (nSPS) is 14.8. The zero-order chi connectivity index (χ0) is 22.6. The van der Waals surface area contributed by atoms with Crippen LogP contribution in [0.2, 0.25) is 0 Å². The van der Waals surface area contributed by atoms with Gasteiger partial charge in [0.2, 0.25) is 0 Å². The van der Waals surface area contributed by atoms with E-state index in [1.54, 1.807) is 7.05 Å². The second kappa shape index (κ2) is 12.5. The predicted octanol–water partition coefficient (Wildman–Crippen LogP) is 4.86. The van der Waals surface area contributed by atoms with Crippen LogP contribution in [0.3, 0.4) is 0 Å². The highest BCUT2D eigenvalue weighted by molar-refractivity contribution is 6.14. The molecular formula is C24H35N7. The van der Waals surface area contributed by atoms with Gasteiger partial charge in [-0.15, -0.1) is 0 Å². The van der Waals surface area contributed by atoms with Gasteiger partial charge < -0.3 is 15.6 Å². The quantitative estimate of drug-likeness (QED) is 0.195.